The van der Waals surface area contributed by atoms with Gasteiger partial charge < -0.3 is 9.47 Å². The van der Waals surface area contributed by atoms with E-state index < -0.39 is 0 Å². The lowest BCUT2D eigenvalue weighted by molar-refractivity contribution is -0.147. The summed E-state index contributed by atoms with van der Waals surface area (Å²) in [6, 6.07) is 14.6. The lowest BCUT2D eigenvalue weighted by Gasteiger charge is -2.21. The monoisotopic (exact) mass is 324 g/mol. The van der Waals surface area contributed by atoms with E-state index in [1.54, 1.807) is 7.11 Å². The molecule has 2 aromatic carbocycles. The van der Waals surface area contributed by atoms with Crippen LogP contribution in [-0.4, -0.2) is 19.2 Å². The molecule has 0 spiro atoms. The van der Waals surface area contributed by atoms with Crippen molar-refractivity contribution in [3.05, 3.63) is 64.7 Å². The molecule has 0 N–H and O–H groups in total. The predicted octanol–water partition coefficient (Wildman–Crippen LogP) is 4.27. The number of hydrogen-bond donors (Lipinski definition) is 0. The highest BCUT2D eigenvalue weighted by molar-refractivity contribution is 5.72. The number of rotatable bonds is 4. The Balaban J connectivity index is 2.02. The summed E-state index contributed by atoms with van der Waals surface area (Å²) < 4.78 is 10.8. The smallest absolute Gasteiger partial charge is 0.306 e. The fourth-order valence-electron chi connectivity index (χ4n) is 3.50. The van der Waals surface area contributed by atoms with Gasteiger partial charge >= 0.3 is 5.97 Å². The Kier molecular flexibility index (Phi) is 4.89. The normalized spacial score (nSPS) is 16.1. The summed E-state index contributed by atoms with van der Waals surface area (Å²) in [5.41, 5.74) is 5.02. The van der Waals surface area contributed by atoms with Gasteiger partial charge in [0.05, 0.1) is 19.6 Å². The van der Waals surface area contributed by atoms with Gasteiger partial charge in [0.25, 0.3) is 0 Å². The highest BCUT2D eigenvalue weighted by Crippen LogP contribution is 2.38. The van der Waals surface area contributed by atoms with Gasteiger partial charge in [-0.1, -0.05) is 30.3 Å². The Bertz CT molecular complexity index is 734. The molecule has 0 saturated carbocycles. The molecule has 24 heavy (non-hydrogen) atoms. The Labute approximate surface area is 143 Å². The number of benzene rings is 2. The summed E-state index contributed by atoms with van der Waals surface area (Å²) in [5.74, 6) is 0.757. The summed E-state index contributed by atoms with van der Waals surface area (Å²) in [7, 11) is 1.69. The second kappa shape index (κ2) is 7.08. The Morgan fingerprint density at radius 3 is 2.54 bits per heavy atom. The van der Waals surface area contributed by atoms with Crippen LogP contribution in [0.1, 0.15) is 48.4 Å². The van der Waals surface area contributed by atoms with E-state index in [2.05, 4.69) is 30.3 Å². The lowest BCUT2D eigenvalue weighted by Crippen LogP contribution is -2.16. The molecule has 1 atom stereocenters. The average Bonchev–Trinajstić information content (AvgIpc) is 2.71. The van der Waals surface area contributed by atoms with Crippen molar-refractivity contribution in [2.24, 2.45) is 0 Å². The van der Waals surface area contributed by atoms with Gasteiger partial charge in [0.2, 0.25) is 0 Å². The van der Waals surface area contributed by atoms with Crippen LogP contribution < -0.4 is 4.74 Å². The maximum absolute atomic E-state index is 12.3. The summed E-state index contributed by atoms with van der Waals surface area (Å²) in [4.78, 5) is 12.3. The molecule has 0 fully saturated rings. The fraction of sp³-hybridized carbons (Fsp3) is 0.381. The van der Waals surface area contributed by atoms with Crippen LogP contribution >= 0.6 is 0 Å². The number of esters is 1. The molecule has 1 aliphatic rings. The van der Waals surface area contributed by atoms with Crippen molar-refractivity contribution in [3.8, 4) is 5.75 Å². The molecule has 0 aliphatic heterocycles. The van der Waals surface area contributed by atoms with Crippen molar-refractivity contribution in [1.29, 1.82) is 0 Å². The molecule has 0 amide bonds. The number of carbonyl (C=O) groups excluding carboxylic acids is 1. The van der Waals surface area contributed by atoms with E-state index in [4.69, 9.17) is 9.47 Å². The van der Waals surface area contributed by atoms with Gasteiger partial charge in [-0.2, -0.15) is 0 Å². The number of methoxy groups -OCH3 is 1. The molecule has 1 unspecified atom stereocenters. The van der Waals surface area contributed by atoms with E-state index >= 15 is 0 Å². The second-order valence-corrected chi connectivity index (χ2v) is 6.56. The maximum atomic E-state index is 12.3. The molecule has 3 rings (SSSR count). The van der Waals surface area contributed by atoms with Crippen LogP contribution in [0.5, 0.6) is 5.75 Å². The third-order valence-electron chi connectivity index (χ3n) is 4.56. The van der Waals surface area contributed by atoms with Crippen LogP contribution in [0.25, 0.3) is 0 Å². The van der Waals surface area contributed by atoms with Crippen molar-refractivity contribution < 1.29 is 14.3 Å². The van der Waals surface area contributed by atoms with Gasteiger partial charge in [-0.15, -0.1) is 0 Å². The first-order chi connectivity index (χ1) is 11.6. The van der Waals surface area contributed by atoms with Gasteiger partial charge in [0.15, 0.2) is 0 Å². The number of aryl methyl sites for hydroxylation is 2. The number of fused-ring (bicyclic) bond motifs is 2. The van der Waals surface area contributed by atoms with Gasteiger partial charge in [0, 0.05) is 5.92 Å². The first-order valence-electron chi connectivity index (χ1n) is 8.52. The first kappa shape index (κ1) is 16.6. The largest absolute Gasteiger partial charge is 0.497 e. The molecule has 3 heteroatoms. The quantitative estimate of drug-likeness (QED) is 0.788. The second-order valence-electron chi connectivity index (χ2n) is 6.56. The minimum atomic E-state index is -0.145. The average molecular weight is 324 g/mol. The molecule has 0 bridgehead atoms. The molecular formula is C21H24O3. The SMILES string of the molecule is COc1ccc2c(c1)CCc1ccccc1C2CC(=O)OC(C)C. The van der Waals surface area contributed by atoms with E-state index in [0.717, 1.165) is 18.6 Å². The summed E-state index contributed by atoms with van der Waals surface area (Å²) in [5, 5.41) is 0. The molecule has 0 radical (unpaired) electrons. The van der Waals surface area contributed by atoms with E-state index in [0.29, 0.717) is 6.42 Å². The minimum absolute atomic E-state index is 0.0378. The lowest BCUT2D eigenvalue weighted by atomic mass is 9.85. The van der Waals surface area contributed by atoms with Crippen LogP contribution in [0, 0.1) is 0 Å². The van der Waals surface area contributed by atoms with E-state index in [-0.39, 0.29) is 18.0 Å². The summed E-state index contributed by atoms with van der Waals surface area (Å²) >= 11 is 0. The summed E-state index contributed by atoms with van der Waals surface area (Å²) in [6.45, 7) is 3.77. The molecule has 2 aromatic rings. The van der Waals surface area contributed by atoms with Crippen LogP contribution in [0.3, 0.4) is 0 Å². The molecule has 1 aliphatic carbocycles. The summed E-state index contributed by atoms with van der Waals surface area (Å²) in [6.07, 6.45) is 2.22. The number of hydrogen-bond acceptors (Lipinski definition) is 3. The van der Waals surface area contributed by atoms with Crippen molar-refractivity contribution >= 4 is 5.97 Å². The zero-order chi connectivity index (χ0) is 17.1. The maximum Gasteiger partial charge on any atom is 0.306 e. The number of ether oxygens (including phenoxy) is 2. The molecule has 0 aromatic heterocycles. The zero-order valence-corrected chi connectivity index (χ0v) is 14.5. The van der Waals surface area contributed by atoms with Crippen LogP contribution in [0.15, 0.2) is 42.5 Å². The molecule has 126 valence electrons. The Morgan fingerprint density at radius 2 is 1.79 bits per heavy atom. The topological polar surface area (TPSA) is 35.5 Å². The predicted molar refractivity (Wildman–Crippen MR) is 94.5 cm³/mol. The van der Waals surface area contributed by atoms with Gasteiger partial charge in [0.1, 0.15) is 5.75 Å². The Morgan fingerprint density at radius 1 is 1.08 bits per heavy atom. The van der Waals surface area contributed by atoms with Crippen LogP contribution in [-0.2, 0) is 22.4 Å². The van der Waals surface area contributed by atoms with Crippen LogP contribution in [0.4, 0.5) is 0 Å². The van der Waals surface area contributed by atoms with Crippen molar-refractivity contribution in [3.63, 3.8) is 0 Å². The highest BCUT2D eigenvalue weighted by atomic mass is 16.5. The van der Waals surface area contributed by atoms with Gasteiger partial charge in [-0.3, -0.25) is 4.79 Å². The highest BCUT2D eigenvalue weighted by Gasteiger charge is 2.26. The van der Waals surface area contributed by atoms with Crippen molar-refractivity contribution in [1.82, 2.24) is 0 Å². The third kappa shape index (κ3) is 3.45. The van der Waals surface area contributed by atoms with Gasteiger partial charge in [-0.05, 0) is 61.1 Å². The molecule has 0 saturated heterocycles. The first-order valence-corrected chi connectivity index (χ1v) is 8.52. The van der Waals surface area contributed by atoms with E-state index in [1.165, 1.54) is 22.3 Å². The molecular weight excluding hydrogens is 300 g/mol. The fourth-order valence-corrected chi connectivity index (χ4v) is 3.50. The Hall–Kier alpha value is -2.29. The number of carbonyl (C=O) groups is 1. The molecule has 3 nitrogen and oxygen atoms in total. The van der Waals surface area contributed by atoms with Crippen LogP contribution in [0.2, 0.25) is 0 Å². The molecule has 0 heterocycles. The van der Waals surface area contributed by atoms with E-state index in [9.17, 15) is 4.79 Å². The standard InChI is InChI=1S/C21H24O3/c1-14(2)24-21(22)13-20-18-7-5-4-6-15(18)8-9-16-12-17(23-3)10-11-19(16)20/h4-7,10-12,14,20H,8-9,13H2,1-3H3. The van der Waals surface area contributed by atoms with Crippen molar-refractivity contribution in [2.75, 3.05) is 7.11 Å². The minimum Gasteiger partial charge on any atom is -0.497 e. The van der Waals surface area contributed by atoms with E-state index in [1.807, 2.05) is 26.0 Å². The zero-order valence-electron chi connectivity index (χ0n) is 14.5. The third-order valence-corrected chi connectivity index (χ3v) is 4.56. The van der Waals surface area contributed by atoms with Crippen molar-refractivity contribution in [2.45, 2.75) is 45.1 Å². The van der Waals surface area contributed by atoms with Gasteiger partial charge in [-0.25, -0.2) is 0 Å².